The van der Waals surface area contributed by atoms with E-state index in [0.717, 1.165) is 48.2 Å². The highest BCUT2D eigenvalue weighted by Crippen LogP contribution is 2.31. The molecule has 3 aromatic rings. The Morgan fingerprint density at radius 3 is 2.48 bits per heavy atom. The molecule has 7 heteroatoms. The van der Waals surface area contributed by atoms with Crippen LogP contribution < -0.4 is 14.4 Å². The molecule has 6 nitrogen and oxygen atoms in total. The van der Waals surface area contributed by atoms with E-state index in [4.69, 9.17) is 4.74 Å². The molecule has 1 N–H and O–H groups in total. The van der Waals surface area contributed by atoms with E-state index in [9.17, 15) is 8.42 Å². The van der Waals surface area contributed by atoms with Gasteiger partial charge in [-0.15, -0.1) is 0 Å². The van der Waals surface area contributed by atoms with E-state index >= 15 is 0 Å². The average molecular weight is 440 g/mol. The number of methoxy groups -OCH3 is 1. The van der Waals surface area contributed by atoms with Crippen LogP contribution in [0.1, 0.15) is 5.56 Å². The van der Waals surface area contributed by atoms with Gasteiger partial charge in [-0.05, 0) is 48.0 Å². The van der Waals surface area contributed by atoms with Gasteiger partial charge in [-0.2, -0.15) is 0 Å². The Labute approximate surface area is 184 Å². The highest BCUT2D eigenvalue weighted by atomic mass is 32.2. The van der Waals surface area contributed by atoms with Crippen LogP contribution in [0.2, 0.25) is 0 Å². The van der Waals surface area contributed by atoms with Crippen molar-refractivity contribution >= 4 is 26.5 Å². The van der Waals surface area contributed by atoms with Crippen molar-refractivity contribution in [3.63, 3.8) is 0 Å². The molecule has 3 aromatic carbocycles. The number of sulfonamides is 1. The summed E-state index contributed by atoms with van der Waals surface area (Å²) >= 11 is 0. The molecule has 1 aliphatic heterocycles. The fourth-order valence-electron chi connectivity index (χ4n) is 4.05. The third kappa shape index (κ3) is 4.84. The molecule has 1 saturated heterocycles. The zero-order chi connectivity index (χ0) is 21.8. The number of benzene rings is 3. The normalized spacial score (nSPS) is 15.4. The van der Waals surface area contributed by atoms with Gasteiger partial charge in [0.05, 0.1) is 17.7 Å². The minimum atomic E-state index is -3.62. The molecule has 0 amide bonds. The van der Waals surface area contributed by atoms with E-state index in [2.05, 4.69) is 45.8 Å². The van der Waals surface area contributed by atoms with E-state index in [1.165, 1.54) is 0 Å². The van der Waals surface area contributed by atoms with Crippen molar-refractivity contribution in [2.24, 2.45) is 0 Å². The molecule has 1 heterocycles. The number of ether oxygens (including phenoxy) is 1. The summed E-state index contributed by atoms with van der Waals surface area (Å²) in [5, 5.41) is 2.32. The summed E-state index contributed by atoms with van der Waals surface area (Å²) in [4.78, 5) is 4.71. The predicted octanol–water partition coefficient (Wildman–Crippen LogP) is 3.12. The van der Waals surface area contributed by atoms with Crippen molar-refractivity contribution < 1.29 is 13.2 Å². The fourth-order valence-corrected chi connectivity index (χ4v) is 5.10. The number of nitrogens with zero attached hydrogens (tertiary/aromatic N) is 2. The lowest BCUT2D eigenvalue weighted by Gasteiger charge is -2.34. The number of anilines is 1. The summed E-state index contributed by atoms with van der Waals surface area (Å²) in [5.41, 5.74) is 1.96. The molecule has 0 bridgehead atoms. The first-order valence-electron chi connectivity index (χ1n) is 10.6. The molecule has 0 unspecified atom stereocenters. The van der Waals surface area contributed by atoms with Crippen molar-refractivity contribution in [2.75, 3.05) is 51.8 Å². The number of hydrogen-bond acceptors (Lipinski definition) is 5. The van der Waals surface area contributed by atoms with Gasteiger partial charge in [0.2, 0.25) is 10.0 Å². The van der Waals surface area contributed by atoms with Crippen LogP contribution in [0.25, 0.3) is 10.8 Å². The molecule has 0 aromatic heterocycles. The summed E-state index contributed by atoms with van der Waals surface area (Å²) in [7, 11) is 0.0859. The predicted molar refractivity (Wildman–Crippen MR) is 126 cm³/mol. The molecule has 0 aliphatic carbocycles. The van der Waals surface area contributed by atoms with Crippen LogP contribution >= 0.6 is 0 Å². The summed E-state index contributed by atoms with van der Waals surface area (Å²) in [6.07, 6.45) is 0.627. The van der Waals surface area contributed by atoms with Gasteiger partial charge < -0.3 is 14.5 Å². The lowest BCUT2D eigenvalue weighted by molar-refractivity contribution is 0.311. The van der Waals surface area contributed by atoms with Crippen molar-refractivity contribution in [1.29, 1.82) is 0 Å². The summed E-state index contributed by atoms with van der Waals surface area (Å²) < 4.78 is 34.3. The van der Waals surface area contributed by atoms with Gasteiger partial charge in [-0.3, -0.25) is 0 Å². The molecule has 1 aliphatic rings. The molecule has 0 atom stereocenters. The van der Waals surface area contributed by atoms with Gasteiger partial charge in [0.15, 0.2) is 0 Å². The van der Waals surface area contributed by atoms with Crippen LogP contribution in [0, 0.1) is 0 Å². The summed E-state index contributed by atoms with van der Waals surface area (Å²) in [6, 6.07) is 19.4. The maximum atomic E-state index is 13.0. The second-order valence-corrected chi connectivity index (χ2v) is 9.68. The van der Waals surface area contributed by atoms with Crippen molar-refractivity contribution in [2.45, 2.75) is 11.3 Å². The van der Waals surface area contributed by atoms with Gasteiger partial charge in [0, 0.05) is 32.7 Å². The smallest absolute Gasteiger partial charge is 0.240 e. The first kappa shape index (κ1) is 21.6. The monoisotopic (exact) mass is 439 g/mol. The lowest BCUT2D eigenvalue weighted by atomic mass is 10.0. The van der Waals surface area contributed by atoms with Crippen molar-refractivity contribution in [3.8, 4) is 5.75 Å². The number of hydrogen-bond donors (Lipinski definition) is 1. The molecule has 0 saturated carbocycles. The van der Waals surface area contributed by atoms with Crippen LogP contribution in [0.5, 0.6) is 5.75 Å². The van der Waals surface area contributed by atoms with Gasteiger partial charge >= 0.3 is 0 Å². The molecule has 0 radical (unpaired) electrons. The van der Waals surface area contributed by atoms with Gasteiger partial charge in [-0.1, -0.05) is 42.5 Å². The molecular formula is C24H29N3O3S. The number of rotatable bonds is 7. The molecule has 164 valence electrons. The van der Waals surface area contributed by atoms with E-state index in [-0.39, 0.29) is 4.90 Å². The van der Waals surface area contributed by atoms with Gasteiger partial charge in [-0.25, -0.2) is 13.1 Å². The number of fused-ring (bicyclic) bond motifs is 1. The SMILES string of the molecule is COc1ccc(S(=O)(=O)NCCc2cccc3ccccc23)cc1N1CCN(C)CC1. The highest BCUT2D eigenvalue weighted by Gasteiger charge is 2.21. The number of likely N-dealkylation sites (N-methyl/N-ethyl adjacent to an activating group) is 1. The Morgan fingerprint density at radius 1 is 0.968 bits per heavy atom. The van der Waals surface area contributed by atoms with E-state index < -0.39 is 10.0 Å². The zero-order valence-corrected chi connectivity index (χ0v) is 18.9. The maximum Gasteiger partial charge on any atom is 0.240 e. The standard InChI is InChI=1S/C24H29N3O3S/c1-26-14-16-27(17-15-26)23-18-21(10-11-24(23)30-2)31(28,29)25-13-12-20-8-5-7-19-6-3-4-9-22(19)20/h3-11,18,25H,12-17H2,1-2H3. The van der Waals surface area contributed by atoms with Crippen molar-refractivity contribution in [1.82, 2.24) is 9.62 Å². The second kappa shape index (κ2) is 9.26. The molecule has 4 rings (SSSR count). The topological polar surface area (TPSA) is 61.9 Å². The fraction of sp³-hybridized carbons (Fsp3) is 0.333. The van der Waals surface area contributed by atoms with E-state index in [1.54, 1.807) is 25.3 Å². The van der Waals surface area contributed by atoms with E-state index in [0.29, 0.717) is 18.7 Å². The number of piperazine rings is 1. The van der Waals surface area contributed by atoms with Crippen LogP contribution in [0.3, 0.4) is 0 Å². The largest absolute Gasteiger partial charge is 0.495 e. The third-order valence-electron chi connectivity index (χ3n) is 5.87. The minimum absolute atomic E-state index is 0.264. The maximum absolute atomic E-state index is 13.0. The Morgan fingerprint density at radius 2 is 1.71 bits per heavy atom. The Hall–Kier alpha value is -2.61. The molecule has 1 fully saturated rings. The van der Waals surface area contributed by atoms with Crippen LogP contribution in [-0.2, 0) is 16.4 Å². The van der Waals surface area contributed by atoms with Crippen LogP contribution in [0.15, 0.2) is 65.6 Å². The third-order valence-corrected chi connectivity index (χ3v) is 7.33. The number of nitrogens with one attached hydrogen (secondary N) is 1. The van der Waals surface area contributed by atoms with E-state index in [1.807, 2.05) is 18.2 Å². The Kier molecular flexibility index (Phi) is 6.46. The van der Waals surface area contributed by atoms with Crippen molar-refractivity contribution in [3.05, 3.63) is 66.2 Å². The quantitative estimate of drug-likeness (QED) is 0.613. The summed E-state index contributed by atoms with van der Waals surface area (Å²) in [6.45, 7) is 3.88. The molecule has 0 spiro atoms. The minimum Gasteiger partial charge on any atom is -0.495 e. The second-order valence-electron chi connectivity index (χ2n) is 7.91. The van der Waals surface area contributed by atoms with Crippen LogP contribution in [0.4, 0.5) is 5.69 Å². The Balaban J connectivity index is 1.50. The summed E-state index contributed by atoms with van der Waals surface area (Å²) in [5.74, 6) is 0.694. The Bertz CT molecular complexity index is 1150. The first-order chi connectivity index (χ1) is 15.0. The first-order valence-corrected chi connectivity index (χ1v) is 12.0. The highest BCUT2D eigenvalue weighted by molar-refractivity contribution is 7.89. The van der Waals surface area contributed by atoms with Crippen LogP contribution in [-0.4, -0.2) is 60.2 Å². The zero-order valence-electron chi connectivity index (χ0n) is 18.0. The van der Waals surface area contributed by atoms with Gasteiger partial charge in [0.25, 0.3) is 0 Å². The lowest BCUT2D eigenvalue weighted by Crippen LogP contribution is -2.44. The average Bonchev–Trinajstić information content (AvgIpc) is 2.79. The molecule has 31 heavy (non-hydrogen) atoms. The van der Waals surface area contributed by atoms with Gasteiger partial charge in [0.1, 0.15) is 5.75 Å². The molecular weight excluding hydrogens is 410 g/mol.